The minimum Gasteiger partial charge on any atom is -0.497 e. The van der Waals surface area contributed by atoms with E-state index in [1.807, 2.05) is 24.3 Å². The molecule has 4 heteroatoms. The highest BCUT2D eigenvalue weighted by Crippen LogP contribution is 2.33. The van der Waals surface area contributed by atoms with Crippen LogP contribution in [0.4, 0.5) is 0 Å². The van der Waals surface area contributed by atoms with Crippen LogP contribution in [-0.2, 0) is 11.2 Å². The first-order valence-electron chi connectivity index (χ1n) is 8.84. The van der Waals surface area contributed by atoms with Gasteiger partial charge in [0.1, 0.15) is 5.75 Å². The molecule has 3 rings (SSSR count). The van der Waals surface area contributed by atoms with Crippen molar-refractivity contribution in [3.8, 4) is 5.75 Å². The average molecular weight is 339 g/mol. The summed E-state index contributed by atoms with van der Waals surface area (Å²) in [6.45, 7) is 0.209. The summed E-state index contributed by atoms with van der Waals surface area (Å²) in [5.74, 6) is 0.962. The van der Waals surface area contributed by atoms with E-state index >= 15 is 0 Å². The van der Waals surface area contributed by atoms with Gasteiger partial charge in [0.25, 0.3) is 0 Å². The second-order valence-electron chi connectivity index (χ2n) is 6.59. The van der Waals surface area contributed by atoms with Crippen LogP contribution >= 0.6 is 0 Å². The van der Waals surface area contributed by atoms with Crippen molar-refractivity contribution in [1.29, 1.82) is 0 Å². The third-order valence-corrected chi connectivity index (χ3v) is 4.90. The standard InChI is InChI=1S/C21H25NO3/c1-25-18-10-5-9-17(12-18)20(23)14-22-21(24)13-16-8-4-7-15-6-2-3-11-19(15)16/h2-3,5-6,9-12,16,20,23H,4,7-8,13-14H2,1H3,(H,22,24). The van der Waals surface area contributed by atoms with Crippen LogP contribution in [0.5, 0.6) is 5.75 Å². The summed E-state index contributed by atoms with van der Waals surface area (Å²) in [5.41, 5.74) is 3.41. The fourth-order valence-electron chi connectivity index (χ4n) is 3.54. The van der Waals surface area contributed by atoms with Gasteiger partial charge in [-0.05, 0) is 54.0 Å². The Morgan fingerprint density at radius 3 is 2.96 bits per heavy atom. The predicted molar refractivity (Wildman–Crippen MR) is 97.7 cm³/mol. The SMILES string of the molecule is COc1cccc(C(O)CNC(=O)CC2CCCc3ccccc32)c1. The van der Waals surface area contributed by atoms with Crippen LogP contribution in [0.1, 0.15) is 48.0 Å². The van der Waals surface area contributed by atoms with Crippen molar-refractivity contribution in [3.63, 3.8) is 0 Å². The molecule has 0 aliphatic heterocycles. The summed E-state index contributed by atoms with van der Waals surface area (Å²) in [6.07, 6.45) is 3.01. The molecular formula is C21H25NO3. The van der Waals surface area contributed by atoms with Crippen LogP contribution in [-0.4, -0.2) is 24.7 Å². The molecule has 0 saturated heterocycles. The maximum atomic E-state index is 12.3. The Morgan fingerprint density at radius 2 is 2.12 bits per heavy atom. The third-order valence-electron chi connectivity index (χ3n) is 4.90. The summed E-state index contributed by atoms with van der Waals surface area (Å²) < 4.78 is 5.17. The number of carbonyl (C=O) groups is 1. The Hall–Kier alpha value is -2.33. The molecule has 2 aromatic rings. The molecule has 2 aromatic carbocycles. The molecule has 2 N–H and O–H groups in total. The number of aryl methyl sites for hydroxylation is 1. The molecule has 0 saturated carbocycles. The lowest BCUT2D eigenvalue weighted by Gasteiger charge is -2.25. The molecule has 1 aliphatic carbocycles. The van der Waals surface area contributed by atoms with Gasteiger partial charge in [-0.25, -0.2) is 0 Å². The molecule has 132 valence electrons. The predicted octanol–water partition coefficient (Wildman–Crippen LogP) is 3.36. The number of fused-ring (bicyclic) bond motifs is 1. The van der Waals surface area contributed by atoms with Gasteiger partial charge in [-0.2, -0.15) is 0 Å². The largest absolute Gasteiger partial charge is 0.497 e. The number of aliphatic hydroxyl groups is 1. The Morgan fingerprint density at radius 1 is 1.28 bits per heavy atom. The van der Waals surface area contributed by atoms with Crippen molar-refractivity contribution in [2.24, 2.45) is 0 Å². The highest BCUT2D eigenvalue weighted by molar-refractivity contribution is 5.77. The van der Waals surface area contributed by atoms with E-state index in [0.717, 1.165) is 24.8 Å². The van der Waals surface area contributed by atoms with Crippen molar-refractivity contribution < 1.29 is 14.6 Å². The number of aliphatic hydroxyl groups excluding tert-OH is 1. The number of hydrogen-bond donors (Lipinski definition) is 2. The molecular weight excluding hydrogens is 314 g/mol. The van der Waals surface area contributed by atoms with E-state index in [9.17, 15) is 9.90 Å². The van der Waals surface area contributed by atoms with E-state index in [-0.39, 0.29) is 18.4 Å². The van der Waals surface area contributed by atoms with Crippen LogP contribution < -0.4 is 10.1 Å². The molecule has 0 fully saturated rings. The number of nitrogens with one attached hydrogen (secondary N) is 1. The maximum absolute atomic E-state index is 12.3. The van der Waals surface area contributed by atoms with Crippen LogP contribution in [0.25, 0.3) is 0 Å². The van der Waals surface area contributed by atoms with Gasteiger partial charge in [0.15, 0.2) is 0 Å². The van der Waals surface area contributed by atoms with Crippen LogP contribution in [0.3, 0.4) is 0 Å². The minimum absolute atomic E-state index is 0.0105. The molecule has 0 radical (unpaired) electrons. The lowest BCUT2D eigenvalue weighted by Crippen LogP contribution is -2.30. The van der Waals surface area contributed by atoms with E-state index in [1.165, 1.54) is 11.1 Å². The molecule has 0 aromatic heterocycles. The normalized spacial score (nSPS) is 17.4. The molecule has 1 aliphatic rings. The minimum atomic E-state index is -0.738. The number of carbonyl (C=O) groups excluding carboxylic acids is 1. The lowest BCUT2D eigenvalue weighted by molar-refractivity contribution is -0.122. The van der Waals surface area contributed by atoms with E-state index in [0.29, 0.717) is 12.2 Å². The topological polar surface area (TPSA) is 58.6 Å². The number of methoxy groups -OCH3 is 1. The Balaban J connectivity index is 1.55. The van der Waals surface area contributed by atoms with Gasteiger partial charge in [-0.1, -0.05) is 36.4 Å². The average Bonchev–Trinajstić information content (AvgIpc) is 2.66. The molecule has 4 nitrogen and oxygen atoms in total. The van der Waals surface area contributed by atoms with Gasteiger partial charge < -0.3 is 15.2 Å². The molecule has 0 spiro atoms. The van der Waals surface area contributed by atoms with Crippen LogP contribution in [0.15, 0.2) is 48.5 Å². The highest BCUT2D eigenvalue weighted by Gasteiger charge is 2.22. The molecule has 25 heavy (non-hydrogen) atoms. The monoisotopic (exact) mass is 339 g/mol. The van der Waals surface area contributed by atoms with Crippen molar-refractivity contribution in [3.05, 3.63) is 65.2 Å². The Kier molecular flexibility index (Phi) is 5.71. The number of benzene rings is 2. The summed E-state index contributed by atoms with van der Waals surface area (Å²) in [6, 6.07) is 15.7. The summed E-state index contributed by atoms with van der Waals surface area (Å²) in [5, 5.41) is 13.1. The van der Waals surface area contributed by atoms with Gasteiger partial charge in [0.2, 0.25) is 5.91 Å². The zero-order chi connectivity index (χ0) is 17.6. The highest BCUT2D eigenvalue weighted by atomic mass is 16.5. The van der Waals surface area contributed by atoms with Gasteiger partial charge >= 0.3 is 0 Å². The van der Waals surface area contributed by atoms with Crippen molar-refractivity contribution >= 4 is 5.91 Å². The van der Waals surface area contributed by atoms with Gasteiger partial charge in [0.05, 0.1) is 13.2 Å². The Bertz CT molecular complexity index is 729. The number of rotatable bonds is 6. The van der Waals surface area contributed by atoms with Crippen LogP contribution in [0.2, 0.25) is 0 Å². The molecule has 1 amide bonds. The van der Waals surface area contributed by atoms with E-state index in [4.69, 9.17) is 4.74 Å². The number of hydrogen-bond acceptors (Lipinski definition) is 3. The molecule has 2 atom stereocenters. The van der Waals surface area contributed by atoms with Gasteiger partial charge in [-0.15, -0.1) is 0 Å². The first-order chi connectivity index (χ1) is 12.2. The summed E-state index contributed by atoms with van der Waals surface area (Å²) in [4.78, 5) is 12.3. The second kappa shape index (κ2) is 8.17. The second-order valence-corrected chi connectivity index (χ2v) is 6.59. The van der Waals surface area contributed by atoms with E-state index in [1.54, 1.807) is 13.2 Å². The van der Waals surface area contributed by atoms with Crippen molar-refractivity contribution in [2.75, 3.05) is 13.7 Å². The molecule has 0 heterocycles. The zero-order valence-corrected chi connectivity index (χ0v) is 14.6. The first kappa shape index (κ1) is 17.5. The molecule has 0 bridgehead atoms. The van der Waals surface area contributed by atoms with E-state index < -0.39 is 6.10 Å². The maximum Gasteiger partial charge on any atom is 0.220 e. The third kappa shape index (κ3) is 4.40. The van der Waals surface area contributed by atoms with Gasteiger partial charge in [0, 0.05) is 13.0 Å². The Labute approximate surface area is 148 Å². The van der Waals surface area contributed by atoms with Crippen molar-refractivity contribution in [1.82, 2.24) is 5.32 Å². The first-order valence-corrected chi connectivity index (χ1v) is 8.84. The van der Waals surface area contributed by atoms with E-state index in [2.05, 4.69) is 23.5 Å². The zero-order valence-electron chi connectivity index (χ0n) is 14.6. The summed E-state index contributed by atoms with van der Waals surface area (Å²) >= 11 is 0. The van der Waals surface area contributed by atoms with Crippen LogP contribution in [0, 0.1) is 0 Å². The smallest absolute Gasteiger partial charge is 0.220 e. The fourth-order valence-corrected chi connectivity index (χ4v) is 3.54. The van der Waals surface area contributed by atoms with Crippen molar-refractivity contribution in [2.45, 2.75) is 37.7 Å². The quantitative estimate of drug-likeness (QED) is 0.848. The number of amides is 1. The number of ether oxygens (including phenoxy) is 1. The van der Waals surface area contributed by atoms with Gasteiger partial charge in [-0.3, -0.25) is 4.79 Å². The summed E-state index contributed by atoms with van der Waals surface area (Å²) in [7, 11) is 1.59. The fraction of sp³-hybridized carbons (Fsp3) is 0.381. The molecule has 2 unspecified atom stereocenters. The lowest BCUT2D eigenvalue weighted by atomic mass is 9.81.